The Hall–Kier alpha value is -2.19. The number of nitrogens with one attached hydrogen (secondary N) is 1. The zero-order valence-electron chi connectivity index (χ0n) is 12.5. The first kappa shape index (κ1) is 13.8. The number of aryl methyl sites for hydroxylation is 1. The first-order chi connectivity index (χ1) is 10.3. The van der Waals surface area contributed by atoms with Crippen molar-refractivity contribution in [2.75, 3.05) is 6.54 Å². The van der Waals surface area contributed by atoms with Crippen LogP contribution in [0.4, 0.5) is 0 Å². The van der Waals surface area contributed by atoms with Crippen molar-refractivity contribution < 1.29 is 0 Å². The van der Waals surface area contributed by atoms with E-state index in [4.69, 9.17) is 0 Å². The Labute approximate surface area is 125 Å². The molecule has 1 N–H and O–H groups in total. The number of fused-ring (bicyclic) bond motifs is 1. The number of rotatable bonds is 4. The van der Waals surface area contributed by atoms with Gasteiger partial charge in [0, 0.05) is 12.4 Å². The lowest BCUT2D eigenvalue weighted by Gasteiger charge is -2.21. The molecule has 0 bridgehead atoms. The minimum absolute atomic E-state index is 0.211. The summed E-state index contributed by atoms with van der Waals surface area (Å²) in [5.41, 5.74) is 3.81. The van der Waals surface area contributed by atoms with Gasteiger partial charge in [0.05, 0.1) is 6.04 Å². The van der Waals surface area contributed by atoms with Crippen LogP contribution in [0.25, 0.3) is 10.8 Å². The fraction of sp³-hybridized carbons (Fsp3) is 0.211. The minimum Gasteiger partial charge on any atom is -0.307 e. The molecule has 1 aromatic heterocycles. The van der Waals surface area contributed by atoms with Gasteiger partial charge in [-0.25, -0.2) is 0 Å². The lowest BCUT2D eigenvalue weighted by molar-refractivity contribution is 0.627. The molecule has 106 valence electrons. The molecular weight excluding hydrogens is 256 g/mol. The summed E-state index contributed by atoms with van der Waals surface area (Å²) in [5, 5.41) is 6.16. The molecule has 0 spiro atoms. The van der Waals surface area contributed by atoms with Crippen molar-refractivity contribution in [3.63, 3.8) is 0 Å². The van der Waals surface area contributed by atoms with Crippen LogP contribution in [0, 0.1) is 6.92 Å². The van der Waals surface area contributed by atoms with Crippen molar-refractivity contribution in [1.82, 2.24) is 10.3 Å². The molecule has 1 unspecified atom stereocenters. The fourth-order valence-electron chi connectivity index (χ4n) is 2.81. The number of hydrogen-bond donors (Lipinski definition) is 1. The zero-order chi connectivity index (χ0) is 14.7. The highest BCUT2D eigenvalue weighted by Gasteiger charge is 2.15. The summed E-state index contributed by atoms with van der Waals surface area (Å²) in [6.07, 6.45) is 3.80. The van der Waals surface area contributed by atoms with Gasteiger partial charge in [-0.1, -0.05) is 43.3 Å². The Balaban J connectivity index is 2.09. The molecule has 0 saturated carbocycles. The molecular formula is C19H20N2. The van der Waals surface area contributed by atoms with Gasteiger partial charge in [-0.15, -0.1) is 0 Å². The largest absolute Gasteiger partial charge is 0.307 e. The molecule has 0 radical (unpaired) electrons. The van der Waals surface area contributed by atoms with Crippen LogP contribution in [0.2, 0.25) is 0 Å². The molecule has 0 fully saturated rings. The second kappa shape index (κ2) is 6.06. The van der Waals surface area contributed by atoms with Crippen molar-refractivity contribution in [3.8, 4) is 0 Å². The Morgan fingerprint density at radius 2 is 1.86 bits per heavy atom. The number of aromatic nitrogens is 1. The SMILES string of the molecule is CCNC(c1ccc2ccccc2c1)c1ccncc1C. The second-order valence-corrected chi connectivity index (χ2v) is 5.33. The lowest BCUT2D eigenvalue weighted by Crippen LogP contribution is -2.22. The third-order valence-electron chi connectivity index (χ3n) is 3.89. The molecule has 1 atom stereocenters. The standard InChI is InChI=1S/C19H20N2/c1-3-21-19(18-10-11-20-13-14(18)2)17-9-8-15-6-4-5-7-16(15)12-17/h4-13,19,21H,3H2,1-2H3. The number of pyridine rings is 1. The van der Waals surface area contributed by atoms with Crippen LogP contribution in [0.5, 0.6) is 0 Å². The van der Waals surface area contributed by atoms with Gasteiger partial charge in [-0.2, -0.15) is 0 Å². The van der Waals surface area contributed by atoms with Gasteiger partial charge in [-0.05, 0) is 53.1 Å². The molecule has 21 heavy (non-hydrogen) atoms. The lowest BCUT2D eigenvalue weighted by atomic mass is 9.94. The second-order valence-electron chi connectivity index (χ2n) is 5.33. The third kappa shape index (κ3) is 2.81. The normalized spacial score (nSPS) is 12.5. The summed E-state index contributed by atoms with van der Waals surface area (Å²) in [5.74, 6) is 0. The highest BCUT2D eigenvalue weighted by Crippen LogP contribution is 2.27. The molecule has 2 heteroatoms. The van der Waals surface area contributed by atoms with Gasteiger partial charge in [-0.3, -0.25) is 4.98 Å². The predicted octanol–water partition coefficient (Wildman–Crippen LogP) is 4.24. The van der Waals surface area contributed by atoms with Gasteiger partial charge in [0.25, 0.3) is 0 Å². The fourth-order valence-corrected chi connectivity index (χ4v) is 2.81. The van der Waals surface area contributed by atoms with E-state index in [9.17, 15) is 0 Å². The molecule has 2 nitrogen and oxygen atoms in total. The van der Waals surface area contributed by atoms with E-state index >= 15 is 0 Å². The van der Waals surface area contributed by atoms with E-state index in [-0.39, 0.29) is 6.04 Å². The maximum atomic E-state index is 4.20. The summed E-state index contributed by atoms with van der Waals surface area (Å²) < 4.78 is 0. The van der Waals surface area contributed by atoms with Crippen LogP contribution in [-0.2, 0) is 0 Å². The van der Waals surface area contributed by atoms with Crippen molar-refractivity contribution in [2.45, 2.75) is 19.9 Å². The summed E-state index contributed by atoms with van der Waals surface area (Å²) in [6.45, 7) is 5.19. The molecule has 3 rings (SSSR count). The van der Waals surface area contributed by atoms with Crippen LogP contribution in [0.1, 0.15) is 29.7 Å². The molecule has 0 aliphatic rings. The van der Waals surface area contributed by atoms with Crippen LogP contribution in [0.15, 0.2) is 60.9 Å². The zero-order valence-corrected chi connectivity index (χ0v) is 12.5. The first-order valence-electron chi connectivity index (χ1n) is 7.42. The molecule has 1 heterocycles. The molecule has 3 aromatic rings. The minimum atomic E-state index is 0.211. The molecule has 0 aliphatic heterocycles. The molecule has 0 aliphatic carbocycles. The molecule has 0 amide bonds. The van der Waals surface area contributed by atoms with Gasteiger partial charge in [0.2, 0.25) is 0 Å². The van der Waals surface area contributed by atoms with Crippen LogP contribution in [-0.4, -0.2) is 11.5 Å². The van der Waals surface area contributed by atoms with E-state index in [1.165, 1.54) is 27.5 Å². The number of benzene rings is 2. The Bertz CT molecular complexity index is 749. The van der Waals surface area contributed by atoms with E-state index < -0.39 is 0 Å². The third-order valence-corrected chi connectivity index (χ3v) is 3.89. The quantitative estimate of drug-likeness (QED) is 0.771. The Morgan fingerprint density at radius 1 is 1.05 bits per heavy atom. The van der Waals surface area contributed by atoms with Crippen LogP contribution >= 0.6 is 0 Å². The van der Waals surface area contributed by atoms with E-state index in [0.29, 0.717) is 0 Å². The van der Waals surface area contributed by atoms with Crippen LogP contribution < -0.4 is 5.32 Å². The van der Waals surface area contributed by atoms with Crippen molar-refractivity contribution in [3.05, 3.63) is 77.6 Å². The predicted molar refractivity (Wildman–Crippen MR) is 88.4 cm³/mol. The topological polar surface area (TPSA) is 24.9 Å². The molecule has 2 aromatic carbocycles. The average Bonchev–Trinajstić information content (AvgIpc) is 2.53. The smallest absolute Gasteiger partial charge is 0.0580 e. The Morgan fingerprint density at radius 3 is 2.62 bits per heavy atom. The van der Waals surface area contributed by atoms with Crippen molar-refractivity contribution in [2.24, 2.45) is 0 Å². The van der Waals surface area contributed by atoms with Crippen molar-refractivity contribution >= 4 is 10.8 Å². The van der Waals surface area contributed by atoms with Gasteiger partial charge < -0.3 is 5.32 Å². The molecule has 0 saturated heterocycles. The van der Waals surface area contributed by atoms with Crippen LogP contribution in [0.3, 0.4) is 0 Å². The van der Waals surface area contributed by atoms with Gasteiger partial charge in [0.15, 0.2) is 0 Å². The number of hydrogen-bond acceptors (Lipinski definition) is 2. The van der Waals surface area contributed by atoms with Crippen molar-refractivity contribution in [1.29, 1.82) is 0 Å². The Kier molecular flexibility index (Phi) is 3.98. The first-order valence-corrected chi connectivity index (χ1v) is 7.42. The van der Waals surface area contributed by atoms with E-state index in [0.717, 1.165) is 6.54 Å². The monoisotopic (exact) mass is 276 g/mol. The van der Waals surface area contributed by atoms with Gasteiger partial charge in [0.1, 0.15) is 0 Å². The van der Waals surface area contributed by atoms with E-state index in [1.807, 2.05) is 12.4 Å². The summed E-state index contributed by atoms with van der Waals surface area (Å²) >= 11 is 0. The average molecular weight is 276 g/mol. The maximum Gasteiger partial charge on any atom is 0.0580 e. The van der Waals surface area contributed by atoms with Gasteiger partial charge >= 0.3 is 0 Å². The summed E-state index contributed by atoms with van der Waals surface area (Å²) in [4.78, 5) is 4.20. The summed E-state index contributed by atoms with van der Waals surface area (Å²) in [7, 11) is 0. The maximum absolute atomic E-state index is 4.20. The van der Waals surface area contributed by atoms with E-state index in [2.05, 4.69) is 72.7 Å². The summed E-state index contributed by atoms with van der Waals surface area (Å²) in [6, 6.07) is 17.5. The highest BCUT2D eigenvalue weighted by molar-refractivity contribution is 5.83. The van der Waals surface area contributed by atoms with E-state index in [1.54, 1.807) is 0 Å². The highest BCUT2D eigenvalue weighted by atomic mass is 14.9. The number of nitrogens with zero attached hydrogens (tertiary/aromatic N) is 1.